The van der Waals surface area contributed by atoms with Crippen LogP contribution in [0.25, 0.3) is 0 Å². The fraction of sp³-hybridized carbons (Fsp3) is 0.667. The molecule has 1 fully saturated rings. The first-order valence-electron chi connectivity index (χ1n) is 5.13. The van der Waals surface area contributed by atoms with Crippen LogP contribution in [0.15, 0.2) is 4.52 Å². The molecule has 0 aliphatic carbocycles. The molecule has 1 N–H and O–H groups in total. The van der Waals surface area contributed by atoms with Gasteiger partial charge < -0.3 is 14.6 Å². The first kappa shape index (κ1) is 11.4. The molecular formula is C9H13N3O3S. The molecule has 1 aliphatic heterocycles. The number of carbonyl (C=O) groups excluding carboxylic acids is 1. The molecular weight excluding hydrogens is 230 g/mol. The van der Waals surface area contributed by atoms with E-state index in [1.54, 1.807) is 6.92 Å². The van der Waals surface area contributed by atoms with Gasteiger partial charge in [0.05, 0.1) is 12.6 Å². The van der Waals surface area contributed by atoms with Crippen LogP contribution in [0.4, 0.5) is 0 Å². The maximum absolute atomic E-state index is 11.3. The van der Waals surface area contributed by atoms with E-state index in [2.05, 4.69) is 15.5 Å². The van der Waals surface area contributed by atoms with Crippen molar-refractivity contribution < 1.29 is 14.1 Å². The van der Waals surface area contributed by atoms with Crippen molar-refractivity contribution in [3.63, 3.8) is 0 Å². The number of ether oxygens (including phenoxy) is 1. The van der Waals surface area contributed by atoms with Crippen molar-refractivity contribution in [2.24, 2.45) is 0 Å². The Morgan fingerprint density at radius 2 is 2.62 bits per heavy atom. The largest absolute Gasteiger partial charge is 0.460 e. The number of carbonyl (C=O) groups is 1. The molecule has 0 bridgehead atoms. The summed E-state index contributed by atoms with van der Waals surface area (Å²) in [6.45, 7) is 2.95. The fourth-order valence-corrected chi connectivity index (χ4v) is 2.30. The number of hydrogen-bond acceptors (Lipinski definition) is 7. The van der Waals surface area contributed by atoms with Crippen LogP contribution in [0.3, 0.4) is 0 Å². The highest BCUT2D eigenvalue weighted by atomic mass is 32.2. The van der Waals surface area contributed by atoms with Crippen molar-refractivity contribution in [1.29, 1.82) is 0 Å². The molecule has 1 aromatic rings. The molecule has 88 valence electrons. The lowest BCUT2D eigenvalue weighted by Crippen LogP contribution is -2.30. The zero-order valence-electron chi connectivity index (χ0n) is 8.93. The number of rotatable bonds is 3. The number of nitrogens with zero attached hydrogens (tertiary/aromatic N) is 2. The van der Waals surface area contributed by atoms with Crippen molar-refractivity contribution >= 4 is 17.7 Å². The van der Waals surface area contributed by atoms with Gasteiger partial charge >= 0.3 is 5.97 Å². The molecule has 0 spiro atoms. The normalized spacial score (nSPS) is 20.7. The summed E-state index contributed by atoms with van der Waals surface area (Å²) >= 11 is 1.82. The van der Waals surface area contributed by atoms with Crippen molar-refractivity contribution in [3.8, 4) is 0 Å². The van der Waals surface area contributed by atoms with Crippen molar-refractivity contribution in [3.05, 3.63) is 11.7 Å². The summed E-state index contributed by atoms with van der Waals surface area (Å²) in [6.07, 6.45) is 0. The lowest BCUT2D eigenvalue weighted by molar-refractivity contribution is 0.0508. The minimum Gasteiger partial charge on any atom is -0.460 e. The van der Waals surface area contributed by atoms with E-state index in [1.165, 1.54) is 0 Å². The van der Waals surface area contributed by atoms with E-state index in [9.17, 15) is 4.79 Å². The highest BCUT2D eigenvalue weighted by Gasteiger charge is 2.23. The average Bonchev–Trinajstić information content (AvgIpc) is 2.80. The number of thioether (sulfide) groups is 1. The Morgan fingerprint density at radius 3 is 3.31 bits per heavy atom. The molecule has 1 saturated heterocycles. The molecule has 1 unspecified atom stereocenters. The van der Waals surface area contributed by atoms with Crippen LogP contribution in [0.5, 0.6) is 0 Å². The molecule has 2 rings (SSSR count). The van der Waals surface area contributed by atoms with Gasteiger partial charge in [0.25, 0.3) is 5.82 Å². The third kappa shape index (κ3) is 2.53. The SMILES string of the molecule is CCOC(=O)c1noc(C2CSCCN2)n1. The summed E-state index contributed by atoms with van der Waals surface area (Å²) in [5, 5.41) is 6.85. The predicted octanol–water partition coefficient (Wildman–Crippen LogP) is 0.624. The zero-order valence-corrected chi connectivity index (χ0v) is 9.75. The van der Waals surface area contributed by atoms with Crippen LogP contribution in [0, 0.1) is 0 Å². The number of aromatic nitrogens is 2. The van der Waals surface area contributed by atoms with Gasteiger partial charge in [-0.2, -0.15) is 16.7 Å². The Balaban J connectivity index is 2.03. The summed E-state index contributed by atoms with van der Waals surface area (Å²) in [5.41, 5.74) is 0. The maximum Gasteiger partial charge on any atom is 0.379 e. The van der Waals surface area contributed by atoms with E-state index in [0.29, 0.717) is 12.5 Å². The van der Waals surface area contributed by atoms with E-state index in [0.717, 1.165) is 18.1 Å². The Kier molecular flexibility index (Phi) is 3.79. The minimum absolute atomic E-state index is 0.00535. The molecule has 16 heavy (non-hydrogen) atoms. The van der Waals surface area contributed by atoms with Gasteiger partial charge in [-0.25, -0.2) is 4.79 Å². The van der Waals surface area contributed by atoms with Gasteiger partial charge in [-0.15, -0.1) is 0 Å². The molecule has 6 nitrogen and oxygen atoms in total. The lowest BCUT2D eigenvalue weighted by Gasteiger charge is -2.19. The first-order chi connectivity index (χ1) is 7.81. The molecule has 0 amide bonds. The Hall–Kier alpha value is -1.08. The van der Waals surface area contributed by atoms with Crippen LogP contribution in [0.1, 0.15) is 29.5 Å². The number of esters is 1. The average molecular weight is 243 g/mol. The highest BCUT2D eigenvalue weighted by molar-refractivity contribution is 7.99. The van der Waals surface area contributed by atoms with Gasteiger partial charge in [0.15, 0.2) is 0 Å². The van der Waals surface area contributed by atoms with Gasteiger partial charge in [-0.3, -0.25) is 0 Å². The van der Waals surface area contributed by atoms with Gasteiger partial charge in [0.2, 0.25) is 5.89 Å². The Bertz CT molecular complexity index is 363. The van der Waals surface area contributed by atoms with Gasteiger partial charge in [0.1, 0.15) is 0 Å². The molecule has 1 aromatic heterocycles. The second-order valence-corrected chi connectivity index (χ2v) is 4.41. The Labute approximate surface area is 97.1 Å². The Morgan fingerprint density at radius 1 is 1.75 bits per heavy atom. The van der Waals surface area contributed by atoms with E-state index in [-0.39, 0.29) is 11.9 Å². The second kappa shape index (κ2) is 5.31. The van der Waals surface area contributed by atoms with E-state index >= 15 is 0 Å². The molecule has 0 radical (unpaired) electrons. The van der Waals surface area contributed by atoms with Gasteiger partial charge in [-0.05, 0) is 12.1 Å². The van der Waals surface area contributed by atoms with Crippen molar-refractivity contribution in [2.45, 2.75) is 13.0 Å². The zero-order chi connectivity index (χ0) is 11.4. The standard InChI is InChI=1S/C9H13N3O3S/c1-2-14-9(13)7-11-8(15-12-7)6-5-16-4-3-10-6/h6,10H,2-5H2,1H3. The second-order valence-electron chi connectivity index (χ2n) is 3.26. The molecule has 1 atom stereocenters. The van der Waals surface area contributed by atoms with Crippen LogP contribution >= 0.6 is 11.8 Å². The molecule has 2 heterocycles. The topological polar surface area (TPSA) is 77.2 Å². The van der Waals surface area contributed by atoms with Crippen LogP contribution < -0.4 is 5.32 Å². The number of nitrogens with one attached hydrogen (secondary N) is 1. The third-order valence-corrected chi connectivity index (χ3v) is 3.18. The molecule has 0 aromatic carbocycles. The van der Waals surface area contributed by atoms with Gasteiger partial charge in [0, 0.05) is 18.1 Å². The first-order valence-corrected chi connectivity index (χ1v) is 6.28. The number of hydrogen-bond donors (Lipinski definition) is 1. The quantitative estimate of drug-likeness (QED) is 0.780. The van der Waals surface area contributed by atoms with E-state index < -0.39 is 5.97 Å². The predicted molar refractivity (Wildman–Crippen MR) is 58.3 cm³/mol. The van der Waals surface area contributed by atoms with E-state index in [4.69, 9.17) is 9.26 Å². The van der Waals surface area contributed by atoms with Crippen LogP contribution in [-0.2, 0) is 4.74 Å². The van der Waals surface area contributed by atoms with Crippen molar-refractivity contribution in [1.82, 2.24) is 15.5 Å². The van der Waals surface area contributed by atoms with E-state index in [1.807, 2.05) is 11.8 Å². The monoisotopic (exact) mass is 243 g/mol. The lowest BCUT2D eigenvalue weighted by atomic mass is 10.3. The molecule has 7 heteroatoms. The highest BCUT2D eigenvalue weighted by Crippen LogP contribution is 2.20. The summed E-state index contributed by atoms with van der Waals surface area (Å²) in [5.74, 6) is 1.87. The summed E-state index contributed by atoms with van der Waals surface area (Å²) in [7, 11) is 0. The maximum atomic E-state index is 11.3. The van der Waals surface area contributed by atoms with Crippen molar-refractivity contribution in [2.75, 3.05) is 24.7 Å². The summed E-state index contributed by atoms with van der Waals surface area (Å²) in [6, 6.07) is 0.0365. The smallest absolute Gasteiger partial charge is 0.379 e. The van der Waals surface area contributed by atoms with Gasteiger partial charge in [-0.1, -0.05) is 0 Å². The fourth-order valence-electron chi connectivity index (χ4n) is 1.38. The summed E-state index contributed by atoms with van der Waals surface area (Å²) in [4.78, 5) is 15.3. The van der Waals surface area contributed by atoms with Crippen LogP contribution in [-0.4, -0.2) is 40.8 Å². The third-order valence-electron chi connectivity index (χ3n) is 2.12. The minimum atomic E-state index is -0.541. The molecule has 0 saturated carbocycles. The summed E-state index contributed by atoms with van der Waals surface area (Å²) < 4.78 is 9.81. The van der Waals surface area contributed by atoms with Crippen LogP contribution in [0.2, 0.25) is 0 Å². The molecule has 1 aliphatic rings.